The number of carbonyl (C=O) groups excluding carboxylic acids is 1. The number of hydrogen-bond donors (Lipinski definition) is 2. The van der Waals surface area contributed by atoms with Gasteiger partial charge in [-0.1, -0.05) is 38.8 Å². The first-order valence-electron chi connectivity index (χ1n) is 10.4. The second-order valence-corrected chi connectivity index (χ2v) is 7.38. The minimum absolute atomic E-state index is 0.00777. The molecule has 1 aromatic heterocycles. The third kappa shape index (κ3) is 5.31. The maximum atomic E-state index is 13.0. The molecule has 1 amide bonds. The Kier molecular flexibility index (Phi) is 8.26. The average molecular weight is 417 g/mol. The number of benzene rings is 1. The van der Waals surface area contributed by atoms with Crippen molar-refractivity contribution in [2.24, 2.45) is 0 Å². The van der Waals surface area contributed by atoms with Crippen molar-refractivity contribution in [2.45, 2.75) is 59.9 Å². The Hall–Kier alpha value is -3.03. The van der Waals surface area contributed by atoms with Gasteiger partial charge in [0.1, 0.15) is 11.6 Å². The van der Waals surface area contributed by atoms with E-state index in [0.29, 0.717) is 25.3 Å². The number of hydrogen-bond acceptors (Lipinski definition) is 5. The first-order chi connectivity index (χ1) is 14.3. The lowest BCUT2D eigenvalue weighted by atomic mass is 10.1. The summed E-state index contributed by atoms with van der Waals surface area (Å²) in [5, 5.41) is 0. The Morgan fingerprint density at radius 3 is 2.53 bits per heavy atom. The SMILES string of the molecule is CCCCN(C(=O)COc1cccc(C)c1C)c1c(N)n(CCCC)c(=O)[nH]c1=O. The number of nitrogen functional groups attached to an aromatic ring is 1. The van der Waals surface area contributed by atoms with Gasteiger partial charge in [0.05, 0.1) is 0 Å². The standard InChI is InChI=1S/C22H32N4O4/c1-5-7-12-25(18(27)14-30-17-11-9-10-15(3)16(17)4)19-20(23)26(13-8-6-2)22(29)24-21(19)28/h9-11H,5-8,12-14,23H2,1-4H3,(H,24,28,29). The summed E-state index contributed by atoms with van der Waals surface area (Å²) >= 11 is 0. The van der Waals surface area contributed by atoms with Crippen molar-refractivity contribution in [3.05, 3.63) is 50.2 Å². The van der Waals surface area contributed by atoms with Crippen LogP contribution in [0.3, 0.4) is 0 Å². The van der Waals surface area contributed by atoms with Crippen molar-refractivity contribution in [2.75, 3.05) is 23.8 Å². The molecule has 0 bridgehead atoms. The lowest BCUT2D eigenvalue weighted by Crippen LogP contribution is -2.43. The number of amides is 1. The van der Waals surface area contributed by atoms with Gasteiger partial charge >= 0.3 is 5.69 Å². The van der Waals surface area contributed by atoms with Gasteiger partial charge < -0.3 is 15.4 Å². The number of nitrogens with zero attached hydrogens (tertiary/aromatic N) is 2. The highest BCUT2D eigenvalue weighted by molar-refractivity contribution is 5.96. The van der Waals surface area contributed by atoms with Gasteiger partial charge in [-0.25, -0.2) is 4.79 Å². The number of aryl methyl sites for hydroxylation is 1. The van der Waals surface area contributed by atoms with E-state index in [9.17, 15) is 14.4 Å². The van der Waals surface area contributed by atoms with Crippen LogP contribution in [0.4, 0.5) is 11.5 Å². The number of aromatic nitrogens is 2. The summed E-state index contributed by atoms with van der Waals surface area (Å²) in [6.07, 6.45) is 3.10. The third-order valence-electron chi connectivity index (χ3n) is 5.16. The van der Waals surface area contributed by atoms with Crippen LogP contribution < -0.4 is 26.6 Å². The van der Waals surface area contributed by atoms with Crippen LogP contribution in [0.25, 0.3) is 0 Å². The summed E-state index contributed by atoms with van der Waals surface area (Å²) in [5.74, 6) is 0.240. The zero-order valence-electron chi connectivity index (χ0n) is 18.3. The molecule has 30 heavy (non-hydrogen) atoms. The third-order valence-corrected chi connectivity index (χ3v) is 5.16. The quantitative estimate of drug-likeness (QED) is 0.619. The molecule has 1 aromatic carbocycles. The predicted octanol–water partition coefficient (Wildman–Crippen LogP) is 2.75. The summed E-state index contributed by atoms with van der Waals surface area (Å²) < 4.78 is 7.07. The second kappa shape index (κ2) is 10.7. The molecule has 0 atom stereocenters. The molecule has 1 heterocycles. The molecular formula is C22H32N4O4. The molecule has 164 valence electrons. The van der Waals surface area contributed by atoms with E-state index in [2.05, 4.69) is 4.98 Å². The molecule has 0 aliphatic rings. The second-order valence-electron chi connectivity index (χ2n) is 7.38. The largest absolute Gasteiger partial charge is 0.483 e. The Morgan fingerprint density at radius 2 is 1.87 bits per heavy atom. The van der Waals surface area contributed by atoms with E-state index in [1.807, 2.05) is 39.8 Å². The first kappa shape index (κ1) is 23.3. The van der Waals surface area contributed by atoms with E-state index in [0.717, 1.165) is 30.4 Å². The molecular weight excluding hydrogens is 384 g/mol. The molecule has 0 saturated carbocycles. The summed E-state index contributed by atoms with van der Waals surface area (Å²) in [6, 6.07) is 5.64. The fourth-order valence-corrected chi connectivity index (χ4v) is 3.15. The molecule has 0 unspecified atom stereocenters. The molecule has 2 aromatic rings. The minimum atomic E-state index is -0.665. The van der Waals surface area contributed by atoms with Crippen LogP contribution in [0.5, 0.6) is 5.75 Å². The Labute approximate surface area is 176 Å². The van der Waals surface area contributed by atoms with Gasteiger partial charge in [0.25, 0.3) is 11.5 Å². The zero-order chi connectivity index (χ0) is 22.3. The maximum Gasteiger partial charge on any atom is 0.330 e. The van der Waals surface area contributed by atoms with Crippen molar-refractivity contribution in [3.8, 4) is 5.75 Å². The number of ether oxygens (including phenoxy) is 1. The van der Waals surface area contributed by atoms with Crippen molar-refractivity contribution in [1.29, 1.82) is 0 Å². The van der Waals surface area contributed by atoms with E-state index in [4.69, 9.17) is 10.5 Å². The van der Waals surface area contributed by atoms with Crippen LogP contribution in [0.15, 0.2) is 27.8 Å². The van der Waals surface area contributed by atoms with Crippen molar-refractivity contribution < 1.29 is 9.53 Å². The summed E-state index contributed by atoms with van der Waals surface area (Å²) in [6.45, 7) is 8.33. The molecule has 0 fully saturated rings. The van der Waals surface area contributed by atoms with Crippen LogP contribution in [-0.4, -0.2) is 28.6 Å². The molecule has 0 aliphatic carbocycles. The van der Waals surface area contributed by atoms with Crippen LogP contribution in [0, 0.1) is 13.8 Å². The van der Waals surface area contributed by atoms with E-state index >= 15 is 0 Å². The Bertz CT molecular complexity index is 994. The van der Waals surface area contributed by atoms with Crippen molar-refractivity contribution >= 4 is 17.4 Å². The van der Waals surface area contributed by atoms with Gasteiger partial charge in [0, 0.05) is 13.1 Å². The monoisotopic (exact) mass is 416 g/mol. The predicted molar refractivity (Wildman–Crippen MR) is 119 cm³/mol. The lowest BCUT2D eigenvalue weighted by molar-refractivity contribution is -0.120. The number of carbonyl (C=O) groups is 1. The highest BCUT2D eigenvalue weighted by Crippen LogP contribution is 2.22. The molecule has 2 rings (SSSR count). The fraction of sp³-hybridized carbons (Fsp3) is 0.500. The van der Waals surface area contributed by atoms with E-state index in [-0.39, 0.29) is 24.0 Å². The van der Waals surface area contributed by atoms with E-state index in [1.54, 1.807) is 6.07 Å². The van der Waals surface area contributed by atoms with Crippen LogP contribution in [-0.2, 0) is 11.3 Å². The van der Waals surface area contributed by atoms with Gasteiger partial charge in [0.15, 0.2) is 12.3 Å². The topological polar surface area (TPSA) is 110 Å². The summed E-state index contributed by atoms with van der Waals surface area (Å²) in [4.78, 5) is 41.5. The van der Waals surface area contributed by atoms with Gasteiger partial charge in [-0.2, -0.15) is 0 Å². The van der Waals surface area contributed by atoms with Crippen molar-refractivity contribution in [1.82, 2.24) is 9.55 Å². The average Bonchev–Trinajstić information content (AvgIpc) is 2.71. The number of aromatic amines is 1. The van der Waals surface area contributed by atoms with Gasteiger partial charge in [-0.05, 0) is 43.9 Å². The number of rotatable bonds is 10. The lowest BCUT2D eigenvalue weighted by Gasteiger charge is -2.24. The molecule has 3 N–H and O–H groups in total. The first-order valence-corrected chi connectivity index (χ1v) is 10.4. The Morgan fingerprint density at radius 1 is 1.17 bits per heavy atom. The fourth-order valence-electron chi connectivity index (χ4n) is 3.15. The highest BCUT2D eigenvalue weighted by Gasteiger charge is 2.24. The zero-order valence-corrected chi connectivity index (χ0v) is 18.3. The van der Waals surface area contributed by atoms with Crippen LogP contribution in [0.2, 0.25) is 0 Å². The highest BCUT2D eigenvalue weighted by atomic mass is 16.5. The molecule has 0 radical (unpaired) electrons. The van der Waals surface area contributed by atoms with Gasteiger partial charge in [-0.3, -0.25) is 19.1 Å². The number of nitrogens with one attached hydrogen (secondary N) is 1. The maximum absolute atomic E-state index is 13.0. The number of unbranched alkanes of at least 4 members (excludes halogenated alkanes) is 2. The molecule has 8 heteroatoms. The number of anilines is 2. The van der Waals surface area contributed by atoms with E-state index < -0.39 is 11.2 Å². The molecule has 0 saturated heterocycles. The summed E-state index contributed by atoms with van der Waals surface area (Å²) in [5.41, 5.74) is 6.99. The van der Waals surface area contributed by atoms with Gasteiger partial charge in [-0.15, -0.1) is 0 Å². The van der Waals surface area contributed by atoms with Crippen LogP contribution >= 0.6 is 0 Å². The van der Waals surface area contributed by atoms with Crippen LogP contribution in [0.1, 0.15) is 50.7 Å². The van der Waals surface area contributed by atoms with Gasteiger partial charge in [0.2, 0.25) is 0 Å². The minimum Gasteiger partial charge on any atom is -0.483 e. The summed E-state index contributed by atoms with van der Waals surface area (Å²) in [7, 11) is 0. The molecule has 8 nitrogen and oxygen atoms in total. The molecule has 0 aliphatic heterocycles. The normalized spacial score (nSPS) is 10.8. The molecule has 0 spiro atoms. The van der Waals surface area contributed by atoms with E-state index in [1.165, 1.54) is 9.47 Å². The number of nitrogens with two attached hydrogens (primary N) is 1. The van der Waals surface area contributed by atoms with Crippen molar-refractivity contribution in [3.63, 3.8) is 0 Å². The number of H-pyrrole nitrogens is 1. The Balaban J connectivity index is 2.37. The smallest absolute Gasteiger partial charge is 0.330 e.